The molecule has 0 aliphatic carbocycles. The first-order valence-electron chi connectivity index (χ1n) is 4.04. The van der Waals surface area contributed by atoms with Crippen LogP contribution in [-0.2, 0) is 14.3 Å². The predicted octanol–water partition coefficient (Wildman–Crippen LogP) is -0.0547. The van der Waals surface area contributed by atoms with Crippen molar-refractivity contribution in [1.29, 1.82) is 0 Å². The van der Waals surface area contributed by atoms with E-state index in [-0.39, 0.29) is 12.0 Å². The summed E-state index contributed by atoms with van der Waals surface area (Å²) in [6.45, 7) is 2.46. The van der Waals surface area contributed by atoms with Crippen LogP contribution < -0.4 is 0 Å². The Labute approximate surface area is 71.5 Å². The van der Waals surface area contributed by atoms with Gasteiger partial charge in [0.1, 0.15) is 0 Å². The minimum absolute atomic E-state index is 0.0564. The second-order valence-electron chi connectivity index (χ2n) is 3.00. The Morgan fingerprint density at radius 2 is 2.42 bits per heavy atom. The average Bonchev–Trinajstić information content (AvgIpc) is 2.48. The Balaban J connectivity index is 2.51. The summed E-state index contributed by atoms with van der Waals surface area (Å²) < 4.78 is 9.64. The van der Waals surface area contributed by atoms with Gasteiger partial charge in [-0.05, 0) is 13.3 Å². The Kier molecular flexibility index (Phi) is 3.05. The number of ether oxygens (including phenoxy) is 2. The molecule has 0 aromatic carbocycles. The van der Waals surface area contributed by atoms with Crippen LogP contribution in [0.15, 0.2) is 0 Å². The first-order chi connectivity index (χ1) is 5.66. The van der Waals surface area contributed by atoms with E-state index >= 15 is 0 Å². The van der Waals surface area contributed by atoms with Crippen LogP contribution in [0.4, 0.5) is 0 Å². The lowest BCUT2D eigenvalue weighted by Gasteiger charge is -2.18. The van der Waals surface area contributed by atoms with E-state index in [0.29, 0.717) is 6.61 Å². The summed E-state index contributed by atoms with van der Waals surface area (Å²) in [4.78, 5) is 10.9. The molecule has 4 heteroatoms. The molecular formula is C8H14O4. The zero-order valence-electron chi connectivity index (χ0n) is 7.32. The summed E-state index contributed by atoms with van der Waals surface area (Å²) >= 11 is 0. The first kappa shape index (κ1) is 9.48. The van der Waals surface area contributed by atoms with Crippen LogP contribution in [0.5, 0.6) is 0 Å². The van der Waals surface area contributed by atoms with E-state index in [1.807, 2.05) is 6.92 Å². The van der Waals surface area contributed by atoms with Crippen molar-refractivity contribution in [2.75, 3.05) is 13.7 Å². The van der Waals surface area contributed by atoms with Gasteiger partial charge >= 0.3 is 5.97 Å². The zero-order chi connectivity index (χ0) is 9.14. The quantitative estimate of drug-likeness (QED) is 0.596. The topological polar surface area (TPSA) is 55.8 Å². The Bertz CT molecular complexity index is 168. The van der Waals surface area contributed by atoms with Crippen molar-refractivity contribution in [1.82, 2.24) is 0 Å². The van der Waals surface area contributed by atoms with Gasteiger partial charge in [0, 0.05) is 12.5 Å². The Morgan fingerprint density at radius 1 is 1.75 bits per heavy atom. The van der Waals surface area contributed by atoms with E-state index in [1.54, 1.807) is 0 Å². The minimum atomic E-state index is -1.03. The molecule has 3 atom stereocenters. The van der Waals surface area contributed by atoms with Crippen molar-refractivity contribution in [2.24, 2.45) is 5.92 Å². The lowest BCUT2D eigenvalue weighted by molar-refractivity contribution is -0.154. The van der Waals surface area contributed by atoms with Crippen molar-refractivity contribution in [2.45, 2.75) is 25.6 Å². The van der Waals surface area contributed by atoms with E-state index in [0.717, 1.165) is 6.42 Å². The minimum Gasteiger partial charge on any atom is -0.467 e. The molecule has 4 nitrogen and oxygen atoms in total. The highest BCUT2D eigenvalue weighted by atomic mass is 16.5. The summed E-state index contributed by atoms with van der Waals surface area (Å²) in [6, 6.07) is 0. The normalized spacial score (nSPS) is 31.6. The van der Waals surface area contributed by atoms with Gasteiger partial charge in [-0.25, -0.2) is 4.79 Å². The third kappa shape index (κ3) is 1.76. The molecule has 1 rings (SSSR count). The van der Waals surface area contributed by atoms with Gasteiger partial charge in [0.05, 0.1) is 13.2 Å². The molecule has 12 heavy (non-hydrogen) atoms. The third-order valence-electron chi connectivity index (χ3n) is 2.28. The van der Waals surface area contributed by atoms with Crippen LogP contribution in [0.25, 0.3) is 0 Å². The number of rotatable bonds is 2. The van der Waals surface area contributed by atoms with Gasteiger partial charge in [0.25, 0.3) is 0 Å². The van der Waals surface area contributed by atoms with E-state index in [1.165, 1.54) is 7.11 Å². The van der Waals surface area contributed by atoms with Gasteiger partial charge in [-0.2, -0.15) is 0 Å². The molecule has 1 heterocycles. The fourth-order valence-electron chi connectivity index (χ4n) is 1.46. The van der Waals surface area contributed by atoms with Gasteiger partial charge in [-0.1, -0.05) is 0 Å². The lowest BCUT2D eigenvalue weighted by atomic mass is 9.96. The van der Waals surface area contributed by atoms with Crippen LogP contribution in [-0.4, -0.2) is 37.0 Å². The van der Waals surface area contributed by atoms with Crippen LogP contribution in [0.2, 0.25) is 0 Å². The van der Waals surface area contributed by atoms with Crippen molar-refractivity contribution in [3.63, 3.8) is 0 Å². The van der Waals surface area contributed by atoms with Crippen LogP contribution in [0, 0.1) is 5.92 Å². The summed E-state index contributed by atoms with van der Waals surface area (Å²) in [7, 11) is 1.27. The summed E-state index contributed by atoms with van der Waals surface area (Å²) in [5.74, 6) is -0.685. The van der Waals surface area contributed by atoms with Crippen molar-refractivity contribution >= 4 is 5.97 Å². The van der Waals surface area contributed by atoms with Gasteiger partial charge in [0.15, 0.2) is 6.10 Å². The predicted molar refractivity (Wildman–Crippen MR) is 41.5 cm³/mol. The number of aliphatic hydroxyl groups excluding tert-OH is 1. The lowest BCUT2D eigenvalue weighted by Crippen LogP contribution is -2.34. The van der Waals surface area contributed by atoms with E-state index in [2.05, 4.69) is 4.74 Å². The smallest absolute Gasteiger partial charge is 0.335 e. The maximum Gasteiger partial charge on any atom is 0.335 e. The molecule has 1 N–H and O–H groups in total. The van der Waals surface area contributed by atoms with E-state index < -0.39 is 12.1 Å². The molecule has 70 valence electrons. The van der Waals surface area contributed by atoms with E-state index in [4.69, 9.17) is 4.74 Å². The monoisotopic (exact) mass is 174 g/mol. The molecule has 0 saturated carbocycles. The Hall–Kier alpha value is -0.610. The number of carbonyl (C=O) groups is 1. The molecule has 3 unspecified atom stereocenters. The van der Waals surface area contributed by atoms with Crippen LogP contribution in [0.1, 0.15) is 13.3 Å². The number of hydrogen-bond acceptors (Lipinski definition) is 4. The third-order valence-corrected chi connectivity index (χ3v) is 2.28. The maximum atomic E-state index is 10.9. The summed E-state index contributed by atoms with van der Waals surface area (Å²) in [5.41, 5.74) is 0. The van der Waals surface area contributed by atoms with Crippen molar-refractivity contribution in [3.8, 4) is 0 Å². The summed E-state index contributed by atoms with van der Waals surface area (Å²) in [5, 5.41) is 9.43. The number of esters is 1. The highest BCUT2D eigenvalue weighted by Gasteiger charge is 2.35. The molecule has 1 aliphatic heterocycles. The zero-order valence-corrected chi connectivity index (χ0v) is 7.32. The highest BCUT2D eigenvalue weighted by molar-refractivity contribution is 5.74. The highest BCUT2D eigenvalue weighted by Crippen LogP contribution is 2.24. The van der Waals surface area contributed by atoms with Crippen molar-refractivity contribution in [3.05, 3.63) is 0 Å². The van der Waals surface area contributed by atoms with Crippen LogP contribution in [0.3, 0.4) is 0 Å². The number of methoxy groups -OCH3 is 1. The molecule has 0 aromatic rings. The fourth-order valence-corrected chi connectivity index (χ4v) is 1.46. The molecule has 0 aromatic heterocycles. The fraction of sp³-hybridized carbons (Fsp3) is 0.875. The van der Waals surface area contributed by atoms with E-state index in [9.17, 15) is 9.90 Å². The average molecular weight is 174 g/mol. The Morgan fingerprint density at radius 3 is 2.83 bits per heavy atom. The largest absolute Gasteiger partial charge is 0.467 e. The standard InChI is InChI=1S/C8H14O4/c1-5-6(3-4-12-5)7(9)8(10)11-2/h5-7,9H,3-4H2,1-2H3. The van der Waals surface area contributed by atoms with Gasteiger partial charge in [-0.3, -0.25) is 0 Å². The number of carbonyl (C=O) groups excluding carboxylic acids is 1. The number of aliphatic hydroxyl groups is 1. The molecule has 0 bridgehead atoms. The SMILES string of the molecule is COC(=O)C(O)C1CCOC1C. The van der Waals surface area contributed by atoms with Gasteiger partial charge in [0.2, 0.25) is 0 Å². The van der Waals surface area contributed by atoms with Crippen LogP contribution >= 0.6 is 0 Å². The molecular weight excluding hydrogens is 160 g/mol. The molecule has 1 fully saturated rings. The molecule has 1 aliphatic rings. The molecule has 0 amide bonds. The first-order valence-corrected chi connectivity index (χ1v) is 4.04. The van der Waals surface area contributed by atoms with Gasteiger partial charge < -0.3 is 14.6 Å². The number of hydrogen-bond donors (Lipinski definition) is 1. The molecule has 0 spiro atoms. The second kappa shape index (κ2) is 3.87. The summed E-state index contributed by atoms with van der Waals surface area (Å²) in [6.07, 6.45) is -0.371. The van der Waals surface area contributed by atoms with Crippen molar-refractivity contribution < 1.29 is 19.4 Å². The van der Waals surface area contributed by atoms with Gasteiger partial charge in [-0.15, -0.1) is 0 Å². The molecule has 0 radical (unpaired) electrons. The molecule has 1 saturated heterocycles. The maximum absolute atomic E-state index is 10.9. The second-order valence-corrected chi connectivity index (χ2v) is 3.00.